The first-order valence-electron chi connectivity index (χ1n) is 4.09. The van der Waals surface area contributed by atoms with Gasteiger partial charge in [-0.05, 0) is 12.2 Å². The summed E-state index contributed by atoms with van der Waals surface area (Å²) in [6.45, 7) is 5.81. The van der Waals surface area contributed by atoms with Gasteiger partial charge in [-0.1, -0.05) is 26.5 Å². The molecule has 80 valence electrons. The molecule has 1 N–H and O–H groups in total. The molecule has 0 fully saturated rings. The third-order valence-electron chi connectivity index (χ3n) is 0.993. The van der Waals surface area contributed by atoms with Crippen LogP contribution in [0.25, 0.3) is 0 Å². The number of halogens is 2. The minimum Gasteiger partial charge on any atom is -0.478 e. The highest BCUT2D eigenvalue weighted by molar-refractivity contribution is 5.87. The molecule has 0 atom stereocenters. The summed E-state index contributed by atoms with van der Waals surface area (Å²) in [6, 6.07) is 0. The highest BCUT2D eigenvalue weighted by Gasteiger charge is 2.03. The van der Waals surface area contributed by atoms with Gasteiger partial charge < -0.3 is 5.11 Å². The van der Waals surface area contributed by atoms with Gasteiger partial charge in [0, 0.05) is 0 Å². The van der Waals surface area contributed by atoms with Crippen molar-refractivity contribution in [3.05, 3.63) is 36.2 Å². The molecule has 0 saturated carbocycles. The Hall–Kier alpha value is -1.45. The predicted octanol–water partition coefficient (Wildman–Crippen LogP) is 3.03. The molecule has 0 saturated heterocycles. The van der Waals surface area contributed by atoms with E-state index in [1.807, 2.05) is 13.8 Å². The van der Waals surface area contributed by atoms with E-state index < -0.39 is 24.0 Å². The van der Waals surface area contributed by atoms with E-state index in [9.17, 15) is 13.6 Å². The first-order chi connectivity index (χ1) is 6.57. The van der Waals surface area contributed by atoms with Crippen molar-refractivity contribution in [2.45, 2.75) is 13.8 Å². The summed E-state index contributed by atoms with van der Waals surface area (Å²) >= 11 is 0. The highest BCUT2D eigenvalue weighted by atomic mass is 19.1. The third-order valence-corrected chi connectivity index (χ3v) is 0.993. The molecule has 14 heavy (non-hydrogen) atoms. The van der Waals surface area contributed by atoms with E-state index in [0.717, 1.165) is 18.2 Å². The molecule has 0 heterocycles. The van der Waals surface area contributed by atoms with Crippen molar-refractivity contribution in [1.29, 1.82) is 0 Å². The topological polar surface area (TPSA) is 37.3 Å². The fraction of sp³-hybridized carbons (Fsp3) is 0.300. The summed E-state index contributed by atoms with van der Waals surface area (Å²) in [5, 5.41) is 8.28. The number of carboxylic acids is 1. The second-order valence-corrected chi connectivity index (χ2v) is 1.94. The molecule has 0 aliphatic carbocycles. The normalized spacial score (nSPS) is 10.7. The number of carboxylic acid groups (broad SMARTS) is 1. The Bertz CT molecular complexity index is 243. The van der Waals surface area contributed by atoms with E-state index >= 15 is 0 Å². The second kappa shape index (κ2) is 9.64. The molecule has 0 bridgehead atoms. The number of rotatable bonds is 4. The molecule has 0 spiro atoms. The first-order valence-corrected chi connectivity index (χ1v) is 4.09. The molecule has 0 rings (SSSR count). The van der Waals surface area contributed by atoms with E-state index in [0.29, 0.717) is 0 Å². The number of hydrogen-bond acceptors (Lipinski definition) is 1. The van der Waals surface area contributed by atoms with E-state index in [4.69, 9.17) is 5.11 Å². The zero-order chi connectivity index (χ0) is 11.6. The zero-order valence-electron chi connectivity index (χ0n) is 8.26. The standard InChI is InChI=1S/C8H8F2O2.C2H6/c1-6(10)3-2-4-7(5-9)8(11)12;1-2/h2-4H,1,5H2,(H,11,12);1-2H3/b3-2-,7-4+;. The third kappa shape index (κ3) is 8.64. The Labute approximate surface area is 82.2 Å². The van der Waals surface area contributed by atoms with Crippen LogP contribution < -0.4 is 0 Å². The van der Waals surface area contributed by atoms with Crippen molar-refractivity contribution in [2.75, 3.05) is 6.67 Å². The lowest BCUT2D eigenvalue weighted by Gasteiger charge is -1.90. The first kappa shape index (κ1) is 15.0. The fourth-order valence-electron chi connectivity index (χ4n) is 0.442. The molecule has 0 aliphatic heterocycles. The van der Waals surface area contributed by atoms with Crippen molar-refractivity contribution in [3.63, 3.8) is 0 Å². The van der Waals surface area contributed by atoms with E-state index in [1.165, 1.54) is 0 Å². The SMILES string of the molecule is C=C(F)/C=C\C=C(/CF)C(=O)O.CC. The zero-order valence-corrected chi connectivity index (χ0v) is 8.26. The average molecular weight is 204 g/mol. The number of alkyl halides is 1. The van der Waals surface area contributed by atoms with E-state index in [1.54, 1.807) is 0 Å². The molecule has 0 aromatic rings. The monoisotopic (exact) mass is 204 g/mol. The van der Waals surface area contributed by atoms with Gasteiger partial charge in [0.1, 0.15) is 12.5 Å². The van der Waals surface area contributed by atoms with Crippen molar-refractivity contribution >= 4 is 5.97 Å². The summed E-state index contributed by atoms with van der Waals surface area (Å²) in [7, 11) is 0. The van der Waals surface area contributed by atoms with Gasteiger partial charge in [-0.2, -0.15) is 0 Å². The average Bonchev–Trinajstić information content (AvgIpc) is 2.14. The Morgan fingerprint density at radius 1 is 1.50 bits per heavy atom. The lowest BCUT2D eigenvalue weighted by molar-refractivity contribution is -0.132. The summed E-state index contributed by atoms with van der Waals surface area (Å²) in [6.07, 6.45) is 3.01. The van der Waals surface area contributed by atoms with Crippen LogP contribution >= 0.6 is 0 Å². The van der Waals surface area contributed by atoms with E-state index in [2.05, 4.69) is 6.58 Å². The number of carbonyl (C=O) groups is 1. The highest BCUT2D eigenvalue weighted by Crippen LogP contribution is 1.98. The van der Waals surface area contributed by atoms with Gasteiger partial charge in [0.05, 0.1) is 5.57 Å². The molecular weight excluding hydrogens is 190 g/mol. The van der Waals surface area contributed by atoms with E-state index in [-0.39, 0.29) is 0 Å². The Balaban J connectivity index is 0. The molecule has 4 heteroatoms. The minimum atomic E-state index is -1.35. The molecule has 0 amide bonds. The van der Waals surface area contributed by atoms with Gasteiger partial charge in [0.2, 0.25) is 0 Å². The second-order valence-electron chi connectivity index (χ2n) is 1.94. The smallest absolute Gasteiger partial charge is 0.334 e. The molecule has 0 aromatic carbocycles. The summed E-state index contributed by atoms with van der Waals surface area (Å²) in [5.41, 5.74) is -0.424. The molecule has 0 unspecified atom stereocenters. The fourth-order valence-corrected chi connectivity index (χ4v) is 0.442. The molecular formula is C10H14F2O2. The van der Waals surface area contributed by atoms with Crippen LogP contribution in [0.15, 0.2) is 36.2 Å². The summed E-state index contributed by atoms with van der Waals surface area (Å²) < 4.78 is 23.7. The largest absolute Gasteiger partial charge is 0.478 e. The van der Waals surface area contributed by atoms with Crippen molar-refractivity contribution in [3.8, 4) is 0 Å². The van der Waals surface area contributed by atoms with Gasteiger partial charge in [0.15, 0.2) is 0 Å². The predicted molar refractivity (Wildman–Crippen MR) is 52.4 cm³/mol. The maximum Gasteiger partial charge on any atom is 0.334 e. The Kier molecular flexibility index (Phi) is 10.4. The number of allylic oxidation sites excluding steroid dienone is 4. The molecule has 0 radical (unpaired) electrons. The van der Waals surface area contributed by atoms with Gasteiger partial charge in [0.25, 0.3) is 0 Å². The van der Waals surface area contributed by atoms with Gasteiger partial charge in [-0.3, -0.25) is 0 Å². The Morgan fingerprint density at radius 2 is 2.00 bits per heavy atom. The van der Waals surface area contributed by atoms with Crippen LogP contribution in [-0.2, 0) is 4.79 Å². The number of hydrogen-bond donors (Lipinski definition) is 1. The van der Waals surface area contributed by atoms with Crippen molar-refractivity contribution in [2.24, 2.45) is 0 Å². The van der Waals surface area contributed by atoms with Gasteiger partial charge in [-0.15, -0.1) is 0 Å². The van der Waals surface area contributed by atoms with Gasteiger partial charge >= 0.3 is 5.97 Å². The van der Waals surface area contributed by atoms with Crippen LogP contribution in [0.1, 0.15) is 13.8 Å². The van der Waals surface area contributed by atoms with Gasteiger partial charge in [-0.25, -0.2) is 13.6 Å². The Morgan fingerprint density at radius 3 is 2.29 bits per heavy atom. The maximum absolute atomic E-state index is 11.9. The minimum absolute atomic E-state index is 0.424. The molecule has 2 nitrogen and oxygen atoms in total. The number of aliphatic carboxylic acids is 1. The quantitative estimate of drug-likeness (QED) is 0.564. The summed E-state index contributed by atoms with van der Waals surface area (Å²) in [4.78, 5) is 10.1. The van der Waals surface area contributed by atoms with Crippen LogP contribution in [0.2, 0.25) is 0 Å². The van der Waals surface area contributed by atoms with Crippen LogP contribution in [0, 0.1) is 0 Å². The summed E-state index contributed by atoms with van der Waals surface area (Å²) in [5.74, 6) is -2.07. The molecule has 0 aliphatic rings. The van der Waals surface area contributed by atoms with Crippen LogP contribution in [0.4, 0.5) is 8.78 Å². The lowest BCUT2D eigenvalue weighted by Crippen LogP contribution is -2.01. The van der Waals surface area contributed by atoms with Crippen molar-refractivity contribution in [1.82, 2.24) is 0 Å². The lowest BCUT2D eigenvalue weighted by atomic mass is 10.2. The van der Waals surface area contributed by atoms with Crippen LogP contribution in [0.3, 0.4) is 0 Å². The van der Waals surface area contributed by atoms with Crippen molar-refractivity contribution < 1.29 is 18.7 Å². The van der Waals surface area contributed by atoms with Crippen LogP contribution in [0.5, 0.6) is 0 Å². The van der Waals surface area contributed by atoms with Crippen LogP contribution in [-0.4, -0.2) is 17.8 Å². The maximum atomic E-state index is 11.9. The molecule has 0 aromatic heterocycles.